The van der Waals surface area contributed by atoms with Crippen molar-refractivity contribution >= 4 is 5.78 Å². The molecular weight excluding hydrogens is 218 g/mol. The third-order valence-electron chi connectivity index (χ3n) is 3.22. The minimum absolute atomic E-state index is 0.0820. The maximum absolute atomic E-state index is 12.2. The van der Waals surface area contributed by atoms with E-state index in [4.69, 9.17) is 5.26 Å². The molecule has 0 unspecified atom stereocenters. The van der Waals surface area contributed by atoms with Gasteiger partial charge in [-0.25, -0.2) is 0 Å². The second-order valence-corrected chi connectivity index (χ2v) is 4.15. The fraction of sp³-hybridized carbons (Fsp3) is 0.455. The van der Waals surface area contributed by atoms with Gasteiger partial charge in [-0.2, -0.15) is 19.9 Å². The summed E-state index contributed by atoms with van der Waals surface area (Å²) in [5.74, 6) is 0.470. The van der Waals surface area contributed by atoms with E-state index in [-0.39, 0.29) is 12.1 Å². The van der Waals surface area contributed by atoms with Crippen LogP contribution in [0.25, 0.3) is 5.78 Å². The molecular formula is C11H11N5O. The molecule has 0 N–H and O–H groups in total. The van der Waals surface area contributed by atoms with Gasteiger partial charge in [-0.15, -0.1) is 0 Å². The summed E-state index contributed by atoms with van der Waals surface area (Å²) in [6.07, 6.45) is 5.05. The Balaban J connectivity index is 2.42. The Morgan fingerprint density at radius 2 is 2.24 bits per heavy atom. The van der Waals surface area contributed by atoms with Crippen LogP contribution < -0.4 is 5.56 Å². The van der Waals surface area contributed by atoms with Crippen LogP contribution in [-0.4, -0.2) is 19.2 Å². The predicted octanol–water partition coefficient (Wildman–Crippen LogP) is 0.293. The lowest BCUT2D eigenvalue weighted by molar-refractivity contribution is 0.602. The van der Waals surface area contributed by atoms with Crippen molar-refractivity contribution in [2.45, 2.75) is 32.2 Å². The largest absolute Gasteiger partial charge is 0.300 e. The van der Waals surface area contributed by atoms with Crippen molar-refractivity contribution in [3.05, 3.63) is 27.9 Å². The van der Waals surface area contributed by atoms with Crippen molar-refractivity contribution in [3.63, 3.8) is 0 Å². The van der Waals surface area contributed by atoms with Gasteiger partial charge in [0, 0.05) is 11.3 Å². The standard InChI is InChI=1S/C11H11N5O/c12-5-6-15-9-4-2-1-3-8(9)10(17)16-11(15)13-7-14-16/h7H,1-4,6H2. The van der Waals surface area contributed by atoms with E-state index in [1.54, 1.807) is 0 Å². The smallest absolute Gasteiger partial charge is 0.279 e. The SMILES string of the molecule is N#CCn1c2c(c(=O)n3ncnc13)CCCC2. The molecule has 1 aliphatic carbocycles. The predicted molar refractivity (Wildman–Crippen MR) is 59.5 cm³/mol. The van der Waals surface area contributed by atoms with Crippen LogP contribution in [0.3, 0.4) is 0 Å². The molecule has 17 heavy (non-hydrogen) atoms. The van der Waals surface area contributed by atoms with Crippen molar-refractivity contribution in [2.24, 2.45) is 0 Å². The third kappa shape index (κ3) is 1.35. The highest BCUT2D eigenvalue weighted by molar-refractivity contribution is 5.36. The van der Waals surface area contributed by atoms with Crippen LogP contribution in [-0.2, 0) is 19.4 Å². The first-order valence-electron chi connectivity index (χ1n) is 5.64. The van der Waals surface area contributed by atoms with Crippen LogP contribution in [0.2, 0.25) is 0 Å². The van der Waals surface area contributed by atoms with Crippen LogP contribution >= 0.6 is 0 Å². The van der Waals surface area contributed by atoms with Gasteiger partial charge in [0.2, 0.25) is 5.78 Å². The summed E-state index contributed by atoms with van der Waals surface area (Å²) in [4.78, 5) is 16.2. The molecule has 0 atom stereocenters. The summed E-state index contributed by atoms with van der Waals surface area (Å²) in [6.45, 7) is 0.213. The highest BCUT2D eigenvalue weighted by atomic mass is 16.1. The molecule has 0 saturated heterocycles. The van der Waals surface area contributed by atoms with E-state index in [0.29, 0.717) is 5.78 Å². The number of fused-ring (bicyclic) bond motifs is 2. The lowest BCUT2D eigenvalue weighted by atomic mass is 9.97. The number of rotatable bonds is 1. The lowest BCUT2D eigenvalue weighted by Crippen LogP contribution is -2.29. The van der Waals surface area contributed by atoms with Gasteiger partial charge in [0.05, 0.1) is 6.07 Å². The molecule has 3 rings (SSSR count). The highest BCUT2D eigenvalue weighted by Gasteiger charge is 2.20. The summed E-state index contributed by atoms with van der Waals surface area (Å²) in [5, 5.41) is 12.8. The molecule has 2 aromatic heterocycles. The van der Waals surface area contributed by atoms with E-state index in [2.05, 4.69) is 16.2 Å². The van der Waals surface area contributed by atoms with Crippen molar-refractivity contribution in [1.82, 2.24) is 19.2 Å². The van der Waals surface area contributed by atoms with Gasteiger partial charge in [-0.3, -0.25) is 9.36 Å². The minimum Gasteiger partial charge on any atom is -0.300 e. The van der Waals surface area contributed by atoms with Crippen LogP contribution in [0.1, 0.15) is 24.1 Å². The van der Waals surface area contributed by atoms with Gasteiger partial charge in [0.25, 0.3) is 5.56 Å². The first-order valence-corrected chi connectivity index (χ1v) is 5.64. The van der Waals surface area contributed by atoms with E-state index >= 15 is 0 Å². The molecule has 0 spiro atoms. The zero-order valence-corrected chi connectivity index (χ0v) is 9.26. The Kier molecular flexibility index (Phi) is 2.18. The minimum atomic E-state index is -0.0820. The second kappa shape index (κ2) is 3.70. The molecule has 1 aliphatic rings. The number of hydrogen-bond acceptors (Lipinski definition) is 4. The van der Waals surface area contributed by atoms with Gasteiger partial charge in [-0.05, 0) is 25.7 Å². The Hall–Kier alpha value is -2.16. The quantitative estimate of drug-likeness (QED) is 0.704. The highest BCUT2D eigenvalue weighted by Crippen LogP contribution is 2.19. The van der Waals surface area contributed by atoms with Crippen molar-refractivity contribution in [3.8, 4) is 6.07 Å². The fourth-order valence-corrected chi connectivity index (χ4v) is 2.47. The topological polar surface area (TPSA) is 76.0 Å². The Bertz CT molecular complexity index is 675. The zero-order chi connectivity index (χ0) is 11.8. The van der Waals surface area contributed by atoms with Gasteiger partial charge in [0.1, 0.15) is 12.9 Å². The molecule has 0 aliphatic heterocycles. The molecule has 0 radical (unpaired) electrons. The number of nitrogens with zero attached hydrogens (tertiary/aromatic N) is 5. The normalized spacial score (nSPS) is 14.5. The zero-order valence-electron chi connectivity index (χ0n) is 9.26. The van der Waals surface area contributed by atoms with E-state index < -0.39 is 0 Å². The van der Waals surface area contributed by atoms with Gasteiger partial charge >= 0.3 is 0 Å². The second-order valence-electron chi connectivity index (χ2n) is 4.15. The molecule has 2 heterocycles. The fourth-order valence-electron chi connectivity index (χ4n) is 2.47. The molecule has 6 heteroatoms. The van der Waals surface area contributed by atoms with Crippen LogP contribution in [0, 0.1) is 11.3 Å². The Morgan fingerprint density at radius 3 is 3.06 bits per heavy atom. The number of nitriles is 1. The summed E-state index contributed by atoms with van der Waals surface area (Å²) in [6, 6.07) is 2.12. The van der Waals surface area contributed by atoms with E-state index in [9.17, 15) is 4.79 Å². The molecule has 0 aromatic carbocycles. The molecule has 86 valence electrons. The average Bonchev–Trinajstić information content (AvgIpc) is 2.84. The lowest BCUT2D eigenvalue weighted by Gasteiger charge is -2.19. The molecule has 0 saturated carbocycles. The molecule has 2 aromatic rings. The van der Waals surface area contributed by atoms with E-state index in [0.717, 1.165) is 36.9 Å². The van der Waals surface area contributed by atoms with Crippen molar-refractivity contribution in [2.75, 3.05) is 0 Å². The maximum atomic E-state index is 12.2. The van der Waals surface area contributed by atoms with E-state index in [1.807, 2.05) is 4.57 Å². The first kappa shape index (κ1) is 10.0. The molecule has 6 nitrogen and oxygen atoms in total. The summed E-state index contributed by atoms with van der Waals surface area (Å²) in [5.41, 5.74) is 1.68. The van der Waals surface area contributed by atoms with Crippen molar-refractivity contribution < 1.29 is 0 Å². The monoisotopic (exact) mass is 229 g/mol. The Morgan fingerprint density at radius 1 is 1.41 bits per heavy atom. The number of hydrogen-bond donors (Lipinski definition) is 0. The maximum Gasteiger partial charge on any atom is 0.279 e. The van der Waals surface area contributed by atoms with Gasteiger partial charge < -0.3 is 0 Å². The summed E-state index contributed by atoms with van der Waals surface area (Å²) >= 11 is 0. The number of aromatic nitrogens is 4. The average molecular weight is 229 g/mol. The third-order valence-corrected chi connectivity index (χ3v) is 3.22. The summed E-state index contributed by atoms with van der Waals surface area (Å²) < 4.78 is 3.10. The molecule has 0 bridgehead atoms. The van der Waals surface area contributed by atoms with Gasteiger partial charge in [0.15, 0.2) is 0 Å². The summed E-state index contributed by atoms with van der Waals surface area (Å²) in [7, 11) is 0. The first-order chi connectivity index (χ1) is 8.33. The van der Waals surface area contributed by atoms with E-state index in [1.165, 1.54) is 10.8 Å². The molecule has 0 amide bonds. The van der Waals surface area contributed by atoms with Crippen molar-refractivity contribution in [1.29, 1.82) is 5.26 Å². The van der Waals surface area contributed by atoms with Gasteiger partial charge in [-0.1, -0.05) is 0 Å². The van der Waals surface area contributed by atoms with Crippen LogP contribution in [0.5, 0.6) is 0 Å². The molecule has 0 fully saturated rings. The van der Waals surface area contributed by atoms with Crippen LogP contribution in [0.15, 0.2) is 11.1 Å². The Labute approximate surface area is 97.1 Å². The van der Waals surface area contributed by atoms with Crippen LogP contribution in [0.4, 0.5) is 0 Å².